The molecular formula is C18H24OSi. The van der Waals surface area contributed by atoms with Gasteiger partial charge in [0.25, 0.3) is 0 Å². The first-order valence-corrected chi connectivity index (χ1v) is 8.20. The summed E-state index contributed by atoms with van der Waals surface area (Å²) < 4.78 is 6.22. The van der Waals surface area contributed by atoms with Crippen LogP contribution >= 0.6 is 0 Å². The highest BCUT2D eigenvalue weighted by atomic mass is 28.2. The second kappa shape index (κ2) is 6.87. The van der Waals surface area contributed by atoms with E-state index in [9.17, 15) is 0 Å². The lowest BCUT2D eigenvalue weighted by molar-refractivity contribution is 0.0938. The van der Waals surface area contributed by atoms with E-state index in [4.69, 9.17) is 4.43 Å². The second-order valence-corrected chi connectivity index (χ2v) is 5.89. The summed E-state index contributed by atoms with van der Waals surface area (Å²) in [5.74, 6) is 0.629. The van der Waals surface area contributed by atoms with E-state index in [-0.39, 0.29) is 5.60 Å². The topological polar surface area (TPSA) is 9.23 Å². The van der Waals surface area contributed by atoms with Crippen LogP contribution in [0.25, 0.3) is 0 Å². The van der Waals surface area contributed by atoms with Crippen LogP contribution in [0.5, 0.6) is 0 Å². The molecule has 0 N–H and O–H groups in total. The van der Waals surface area contributed by atoms with Crippen molar-refractivity contribution >= 4 is 10.5 Å². The van der Waals surface area contributed by atoms with Gasteiger partial charge < -0.3 is 4.43 Å². The minimum absolute atomic E-state index is 0.288. The van der Waals surface area contributed by atoms with E-state index in [0.717, 1.165) is 16.9 Å². The summed E-state index contributed by atoms with van der Waals surface area (Å²) in [7, 11) is 0.724. The molecule has 0 bridgehead atoms. The van der Waals surface area contributed by atoms with Crippen molar-refractivity contribution < 1.29 is 4.43 Å². The summed E-state index contributed by atoms with van der Waals surface area (Å²) in [5, 5.41) is 0. The maximum atomic E-state index is 6.22. The highest BCUT2D eigenvalue weighted by Crippen LogP contribution is 2.39. The fraction of sp³-hybridized carbons (Fsp3) is 0.333. The van der Waals surface area contributed by atoms with Crippen LogP contribution in [0.3, 0.4) is 0 Å². The van der Waals surface area contributed by atoms with Crippen LogP contribution in [0.4, 0.5) is 0 Å². The summed E-state index contributed by atoms with van der Waals surface area (Å²) in [6.45, 7) is 4.56. The van der Waals surface area contributed by atoms with Crippen LogP contribution < -0.4 is 0 Å². The largest absolute Gasteiger partial charge is 0.414 e. The van der Waals surface area contributed by atoms with Gasteiger partial charge in [0, 0.05) is 0 Å². The fourth-order valence-electron chi connectivity index (χ4n) is 2.77. The highest BCUT2D eigenvalue weighted by molar-refractivity contribution is 5.98. The lowest BCUT2D eigenvalue weighted by atomic mass is 9.79. The molecule has 1 atom stereocenters. The van der Waals surface area contributed by atoms with Crippen LogP contribution in [0.1, 0.15) is 37.8 Å². The monoisotopic (exact) mass is 284 g/mol. The normalized spacial score (nSPS) is 13.3. The van der Waals surface area contributed by atoms with Gasteiger partial charge in [-0.25, -0.2) is 0 Å². The van der Waals surface area contributed by atoms with Crippen molar-refractivity contribution in [2.24, 2.45) is 5.92 Å². The molecule has 2 aromatic rings. The quantitative estimate of drug-likeness (QED) is 0.736. The second-order valence-electron chi connectivity index (χ2n) is 5.48. The maximum Gasteiger partial charge on any atom is 0.147 e. The van der Waals surface area contributed by atoms with Crippen molar-refractivity contribution in [2.45, 2.75) is 32.3 Å². The predicted molar refractivity (Wildman–Crippen MR) is 88.8 cm³/mol. The summed E-state index contributed by atoms with van der Waals surface area (Å²) in [4.78, 5) is 0. The zero-order valence-electron chi connectivity index (χ0n) is 12.7. The molecule has 0 spiro atoms. The molecule has 0 aliphatic carbocycles. The Bertz CT molecular complexity index is 470. The van der Waals surface area contributed by atoms with Crippen molar-refractivity contribution in [1.82, 2.24) is 0 Å². The first-order valence-electron chi connectivity index (χ1n) is 7.39. The van der Waals surface area contributed by atoms with Gasteiger partial charge in [-0.15, -0.1) is 0 Å². The fourth-order valence-corrected chi connectivity index (χ4v) is 3.41. The molecule has 2 heteroatoms. The Morgan fingerprint density at radius 2 is 1.40 bits per heavy atom. The average molecular weight is 284 g/mol. The molecule has 20 heavy (non-hydrogen) atoms. The van der Waals surface area contributed by atoms with Gasteiger partial charge in [0.15, 0.2) is 0 Å². The first-order chi connectivity index (χ1) is 9.73. The molecule has 0 fully saturated rings. The SMILES string of the molecule is CCC(C)CC(O[SiH3])(c1ccccc1)c1ccccc1. The van der Waals surface area contributed by atoms with Crippen LogP contribution in [0, 0.1) is 5.92 Å². The number of hydrogen-bond donors (Lipinski definition) is 0. The third kappa shape index (κ3) is 3.02. The molecule has 2 aromatic carbocycles. The van der Waals surface area contributed by atoms with Gasteiger partial charge in [-0.05, 0) is 23.5 Å². The summed E-state index contributed by atoms with van der Waals surface area (Å²) in [6.07, 6.45) is 2.20. The molecule has 0 aliphatic heterocycles. The van der Waals surface area contributed by atoms with Crippen molar-refractivity contribution in [2.75, 3.05) is 0 Å². The number of benzene rings is 2. The molecule has 0 saturated heterocycles. The summed E-state index contributed by atoms with van der Waals surface area (Å²) in [5.41, 5.74) is 2.24. The number of rotatable bonds is 6. The Hall–Kier alpha value is -1.38. The molecule has 0 amide bonds. The van der Waals surface area contributed by atoms with Crippen molar-refractivity contribution in [1.29, 1.82) is 0 Å². The number of hydrogen-bond acceptors (Lipinski definition) is 1. The standard InChI is InChI=1S/C18H24OSi/c1-3-15(2)14-18(19-20,16-10-6-4-7-11-16)17-12-8-5-9-13-17/h4-13,15H,3,14H2,1-2,20H3. The Balaban J connectivity index is 2.52. The van der Waals surface area contributed by atoms with E-state index < -0.39 is 0 Å². The van der Waals surface area contributed by atoms with Gasteiger partial charge in [-0.2, -0.15) is 0 Å². The van der Waals surface area contributed by atoms with Crippen LogP contribution in [0.15, 0.2) is 60.7 Å². The van der Waals surface area contributed by atoms with Crippen LogP contribution in [-0.2, 0) is 10.0 Å². The van der Waals surface area contributed by atoms with Gasteiger partial charge in [-0.3, -0.25) is 0 Å². The summed E-state index contributed by atoms with van der Waals surface area (Å²) >= 11 is 0. The molecule has 0 aliphatic rings. The van der Waals surface area contributed by atoms with Gasteiger partial charge in [0.05, 0.1) is 0 Å². The molecule has 106 valence electrons. The Kier molecular flexibility index (Phi) is 5.15. The zero-order valence-corrected chi connectivity index (χ0v) is 14.7. The van der Waals surface area contributed by atoms with Crippen LogP contribution in [-0.4, -0.2) is 10.5 Å². The molecule has 0 heterocycles. The Labute approximate surface area is 125 Å². The van der Waals surface area contributed by atoms with E-state index in [1.165, 1.54) is 17.5 Å². The third-order valence-corrected chi connectivity index (χ3v) is 4.86. The Morgan fingerprint density at radius 3 is 1.75 bits per heavy atom. The molecule has 1 nitrogen and oxygen atoms in total. The lowest BCUT2D eigenvalue weighted by Gasteiger charge is -2.36. The smallest absolute Gasteiger partial charge is 0.147 e. The van der Waals surface area contributed by atoms with E-state index in [2.05, 4.69) is 74.5 Å². The molecule has 0 saturated carbocycles. The van der Waals surface area contributed by atoms with Gasteiger partial charge in [-0.1, -0.05) is 80.9 Å². The minimum atomic E-state index is -0.288. The van der Waals surface area contributed by atoms with E-state index in [0.29, 0.717) is 5.92 Å². The highest BCUT2D eigenvalue weighted by Gasteiger charge is 2.34. The van der Waals surface area contributed by atoms with Gasteiger partial charge in [0.2, 0.25) is 0 Å². The van der Waals surface area contributed by atoms with Crippen molar-refractivity contribution in [3.63, 3.8) is 0 Å². The molecule has 2 rings (SSSR count). The van der Waals surface area contributed by atoms with E-state index in [1.54, 1.807) is 0 Å². The first kappa shape index (κ1) is 15.0. The zero-order chi connectivity index (χ0) is 14.4. The maximum absolute atomic E-state index is 6.22. The van der Waals surface area contributed by atoms with Crippen molar-refractivity contribution in [3.8, 4) is 0 Å². The average Bonchev–Trinajstić information content (AvgIpc) is 2.54. The van der Waals surface area contributed by atoms with Gasteiger partial charge >= 0.3 is 0 Å². The molecule has 1 unspecified atom stereocenters. The lowest BCUT2D eigenvalue weighted by Crippen LogP contribution is -2.32. The van der Waals surface area contributed by atoms with Crippen molar-refractivity contribution in [3.05, 3.63) is 71.8 Å². The molecule has 0 radical (unpaired) electrons. The van der Waals surface area contributed by atoms with Gasteiger partial charge in [0.1, 0.15) is 16.1 Å². The van der Waals surface area contributed by atoms with E-state index in [1.807, 2.05) is 0 Å². The molecule has 0 aromatic heterocycles. The van der Waals surface area contributed by atoms with Crippen LogP contribution in [0.2, 0.25) is 0 Å². The third-order valence-electron chi connectivity index (χ3n) is 4.16. The van der Waals surface area contributed by atoms with E-state index >= 15 is 0 Å². The predicted octanol–water partition coefficient (Wildman–Crippen LogP) is 3.66. The molecular weight excluding hydrogens is 260 g/mol. The minimum Gasteiger partial charge on any atom is -0.414 e. The Morgan fingerprint density at radius 1 is 0.950 bits per heavy atom. The summed E-state index contributed by atoms with van der Waals surface area (Å²) in [6, 6.07) is 21.3.